The fourth-order valence-corrected chi connectivity index (χ4v) is 4.33. The molecule has 4 rings (SSSR count). The van der Waals surface area contributed by atoms with Crippen molar-refractivity contribution in [2.75, 3.05) is 5.43 Å². The number of nitro groups is 1. The molecule has 32 heavy (non-hydrogen) atoms. The number of nitro benzene ring substituents is 1. The molecule has 0 atom stereocenters. The molecule has 0 bridgehead atoms. The number of non-ortho nitro benzene ring substituents is 1. The van der Waals surface area contributed by atoms with E-state index in [2.05, 4.69) is 42.3 Å². The second kappa shape index (κ2) is 9.01. The van der Waals surface area contributed by atoms with Crippen LogP contribution >= 0.6 is 31.9 Å². The van der Waals surface area contributed by atoms with Gasteiger partial charge in [-0.2, -0.15) is 0 Å². The van der Waals surface area contributed by atoms with Crippen molar-refractivity contribution in [3.63, 3.8) is 0 Å². The molecule has 10 heteroatoms. The molecule has 1 aromatic heterocycles. The first-order valence-electron chi connectivity index (χ1n) is 9.19. The van der Waals surface area contributed by atoms with Crippen LogP contribution in [-0.2, 0) is 0 Å². The number of halogens is 3. The molecule has 3 aromatic carbocycles. The van der Waals surface area contributed by atoms with Crippen molar-refractivity contribution in [1.29, 1.82) is 0 Å². The van der Waals surface area contributed by atoms with Gasteiger partial charge in [-0.25, -0.2) is 14.1 Å². The average Bonchev–Trinajstić information content (AvgIpc) is 2.76. The summed E-state index contributed by atoms with van der Waals surface area (Å²) in [7, 11) is 0. The highest BCUT2D eigenvalue weighted by molar-refractivity contribution is 9.11. The third-order valence-electron chi connectivity index (χ3n) is 4.55. The smallest absolute Gasteiger partial charge is 0.280 e. The maximum atomic E-state index is 14.1. The Balaban J connectivity index is 1.87. The Kier molecular flexibility index (Phi) is 6.15. The van der Waals surface area contributed by atoms with Crippen LogP contribution in [0.3, 0.4) is 0 Å². The van der Waals surface area contributed by atoms with E-state index < -0.39 is 16.3 Å². The van der Waals surface area contributed by atoms with E-state index in [1.165, 1.54) is 47.2 Å². The Bertz CT molecular complexity index is 1440. The van der Waals surface area contributed by atoms with Crippen LogP contribution in [0.15, 0.2) is 74.4 Å². The van der Waals surface area contributed by atoms with Gasteiger partial charge in [-0.3, -0.25) is 20.3 Å². The number of anilines is 1. The van der Waals surface area contributed by atoms with Gasteiger partial charge in [-0.15, -0.1) is 0 Å². The largest absolute Gasteiger partial charge is 0.290 e. The lowest BCUT2D eigenvalue weighted by Crippen LogP contribution is -2.29. The van der Waals surface area contributed by atoms with Gasteiger partial charge in [0.05, 0.1) is 21.5 Å². The second-order valence-corrected chi connectivity index (χ2v) is 8.43. The monoisotopic (exact) mass is 558 g/mol. The van der Waals surface area contributed by atoms with E-state index in [1.54, 1.807) is 30.3 Å². The van der Waals surface area contributed by atoms with Crippen molar-refractivity contribution in [3.8, 4) is 0 Å². The molecule has 0 spiro atoms. The summed E-state index contributed by atoms with van der Waals surface area (Å²) >= 11 is 6.80. The normalized spacial score (nSPS) is 11.2. The molecule has 0 unspecified atom stereocenters. The Morgan fingerprint density at radius 2 is 1.78 bits per heavy atom. The van der Waals surface area contributed by atoms with Gasteiger partial charge in [-0.1, -0.05) is 34.1 Å². The highest BCUT2D eigenvalue weighted by Crippen LogP contribution is 2.26. The Morgan fingerprint density at radius 1 is 1.06 bits per heavy atom. The van der Waals surface area contributed by atoms with Gasteiger partial charge in [0.25, 0.3) is 11.2 Å². The molecule has 0 radical (unpaired) electrons. The minimum absolute atomic E-state index is 0.0768. The van der Waals surface area contributed by atoms with Crippen molar-refractivity contribution in [2.24, 2.45) is 0 Å². The fraction of sp³-hybridized carbons (Fsp3) is 0. The number of nitrogens with zero attached hydrogens (tertiary/aromatic N) is 3. The summed E-state index contributed by atoms with van der Waals surface area (Å²) in [6.45, 7) is 0. The second-order valence-electron chi connectivity index (χ2n) is 6.66. The zero-order chi connectivity index (χ0) is 22.8. The summed E-state index contributed by atoms with van der Waals surface area (Å²) in [5.74, 6) is -0.195. The molecule has 0 fully saturated rings. The third kappa shape index (κ3) is 4.46. The van der Waals surface area contributed by atoms with Crippen molar-refractivity contribution in [1.82, 2.24) is 9.66 Å². The average molecular weight is 560 g/mol. The van der Waals surface area contributed by atoms with Crippen molar-refractivity contribution in [2.45, 2.75) is 0 Å². The van der Waals surface area contributed by atoms with E-state index in [4.69, 9.17) is 0 Å². The molecule has 0 saturated carbocycles. The molecule has 7 nitrogen and oxygen atoms in total. The van der Waals surface area contributed by atoms with E-state index >= 15 is 0 Å². The Hall–Kier alpha value is -3.37. The van der Waals surface area contributed by atoms with Gasteiger partial charge >= 0.3 is 0 Å². The first kappa shape index (κ1) is 21.8. The summed E-state index contributed by atoms with van der Waals surface area (Å²) in [6, 6.07) is 15.3. The molecule has 4 aromatic rings. The van der Waals surface area contributed by atoms with Crippen LogP contribution in [0.1, 0.15) is 11.4 Å². The lowest BCUT2D eigenvalue weighted by Gasteiger charge is -2.14. The molecule has 0 aliphatic carbocycles. The molecule has 1 N–H and O–H groups in total. The summed E-state index contributed by atoms with van der Waals surface area (Å²) in [4.78, 5) is 28.3. The van der Waals surface area contributed by atoms with Crippen molar-refractivity contribution < 1.29 is 9.31 Å². The summed E-state index contributed by atoms with van der Waals surface area (Å²) in [5.41, 5.74) is 3.66. The minimum atomic E-state index is -0.509. The van der Waals surface area contributed by atoms with Gasteiger partial charge in [0.1, 0.15) is 5.82 Å². The number of hydrogen-bond donors (Lipinski definition) is 1. The van der Waals surface area contributed by atoms with Crippen LogP contribution in [0, 0.1) is 15.9 Å². The highest BCUT2D eigenvalue weighted by atomic mass is 79.9. The van der Waals surface area contributed by atoms with Crippen LogP contribution in [0.4, 0.5) is 15.8 Å². The minimum Gasteiger partial charge on any atom is -0.290 e. The molecular weight excluding hydrogens is 547 g/mol. The quantitative estimate of drug-likeness (QED) is 0.239. The summed E-state index contributed by atoms with van der Waals surface area (Å²) in [6.07, 6.45) is 3.04. The maximum Gasteiger partial charge on any atom is 0.280 e. The van der Waals surface area contributed by atoms with Crippen LogP contribution in [-0.4, -0.2) is 14.6 Å². The van der Waals surface area contributed by atoms with Crippen LogP contribution in [0.2, 0.25) is 0 Å². The molecule has 0 aliphatic rings. The molecule has 0 saturated heterocycles. The van der Waals surface area contributed by atoms with E-state index in [0.29, 0.717) is 31.1 Å². The predicted molar refractivity (Wildman–Crippen MR) is 129 cm³/mol. The van der Waals surface area contributed by atoms with Crippen molar-refractivity contribution in [3.05, 3.63) is 107 Å². The van der Waals surface area contributed by atoms with Crippen LogP contribution in [0.5, 0.6) is 0 Å². The molecule has 160 valence electrons. The first-order valence-corrected chi connectivity index (χ1v) is 10.8. The standard InChI is InChI=1S/C22H13Br2FN4O3/c23-14-11-17-21(18(24)12-14)26-20(10-5-13-3-1-2-4-19(13)25)28(22(17)30)27-15-6-8-16(9-7-15)29(31)32/h1-12,27H/b10-5+. The lowest BCUT2D eigenvalue weighted by atomic mass is 10.2. The van der Waals surface area contributed by atoms with Crippen LogP contribution in [0.25, 0.3) is 23.1 Å². The molecule has 1 heterocycles. The topological polar surface area (TPSA) is 90.1 Å². The fourth-order valence-electron chi connectivity index (χ4n) is 3.01. The van der Waals surface area contributed by atoms with E-state index in [0.717, 1.165) is 0 Å². The number of hydrogen-bond acceptors (Lipinski definition) is 5. The highest BCUT2D eigenvalue weighted by Gasteiger charge is 2.14. The number of fused-ring (bicyclic) bond motifs is 1. The molecule has 0 amide bonds. The summed E-state index contributed by atoms with van der Waals surface area (Å²) < 4.78 is 16.6. The maximum absolute atomic E-state index is 14.1. The van der Waals surface area contributed by atoms with Gasteiger partial charge in [-0.05, 0) is 58.4 Å². The molecular formula is C22H13Br2FN4O3. The lowest BCUT2D eigenvalue weighted by molar-refractivity contribution is -0.384. The van der Waals surface area contributed by atoms with Gasteiger partial charge in [0, 0.05) is 26.6 Å². The molecule has 0 aliphatic heterocycles. The Labute approximate surface area is 197 Å². The Morgan fingerprint density at radius 3 is 2.47 bits per heavy atom. The van der Waals surface area contributed by atoms with Gasteiger partial charge in [0.15, 0.2) is 5.82 Å². The number of rotatable bonds is 5. The summed E-state index contributed by atoms with van der Waals surface area (Å²) in [5, 5.41) is 11.2. The van der Waals surface area contributed by atoms with Crippen LogP contribution < -0.4 is 11.0 Å². The van der Waals surface area contributed by atoms with Gasteiger partial charge in [0.2, 0.25) is 0 Å². The van der Waals surface area contributed by atoms with Crippen molar-refractivity contribution >= 4 is 66.3 Å². The van der Waals surface area contributed by atoms with E-state index in [1.807, 2.05) is 0 Å². The third-order valence-corrected chi connectivity index (χ3v) is 5.62. The zero-order valence-electron chi connectivity index (χ0n) is 16.1. The SMILES string of the molecule is O=c1c2cc(Br)cc(Br)c2nc(/C=C/c2ccccc2F)n1Nc1ccc([N+](=O)[O-])cc1. The number of aromatic nitrogens is 2. The number of nitrogens with one attached hydrogen (secondary N) is 1. The van der Waals surface area contributed by atoms with Gasteiger partial charge < -0.3 is 0 Å². The zero-order valence-corrected chi connectivity index (χ0v) is 19.3. The number of benzene rings is 3. The predicted octanol–water partition coefficient (Wildman–Crippen LogP) is 6.01. The van der Waals surface area contributed by atoms with E-state index in [9.17, 15) is 19.3 Å². The van der Waals surface area contributed by atoms with E-state index in [-0.39, 0.29) is 11.5 Å². The first-order chi connectivity index (χ1) is 15.3.